The predicted octanol–water partition coefficient (Wildman–Crippen LogP) is 1.75. The van der Waals surface area contributed by atoms with Gasteiger partial charge in [0.05, 0.1) is 18.2 Å². The van der Waals surface area contributed by atoms with Crippen LogP contribution in [0.15, 0.2) is 18.2 Å². The van der Waals surface area contributed by atoms with Crippen molar-refractivity contribution in [1.29, 1.82) is 0 Å². The van der Waals surface area contributed by atoms with Gasteiger partial charge in [-0.3, -0.25) is 4.90 Å². The van der Waals surface area contributed by atoms with Crippen molar-refractivity contribution < 1.29 is 9.13 Å². The number of nitrogens with two attached hydrogens (primary N) is 1. The first-order chi connectivity index (χ1) is 9.69. The zero-order chi connectivity index (χ0) is 14.4. The number of benzene rings is 1. The molecule has 2 N–H and O–H groups in total. The lowest BCUT2D eigenvalue weighted by Gasteiger charge is -2.20. The monoisotopic (exact) mass is 276 g/mol. The zero-order valence-electron chi connectivity index (χ0n) is 11.9. The van der Waals surface area contributed by atoms with Crippen LogP contribution in [0.25, 0.3) is 0 Å². The molecule has 0 saturated carbocycles. The average molecular weight is 276 g/mol. The lowest BCUT2D eigenvalue weighted by atomic mass is 10.1. The molecule has 2 rings (SSSR count). The first-order valence-corrected chi connectivity index (χ1v) is 6.96. The highest BCUT2D eigenvalue weighted by atomic mass is 19.1. The maximum absolute atomic E-state index is 13.6. The molecule has 4 heteroatoms. The van der Waals surface area contributed by atoms with Crippen LogP contribution in [0.5, 0.6) is 0 Å². The highest BCUT2D eigenvalue weighted by Gasteiger charge is 2.17. The highest BCUT2D eigenvalue weighted by molar-refractivity contribution is 5.38. The summed E-state index contributed by atoms with van der Waals surface area (Å²) in [6, 6.07) is 5.06. The molecule has 20 heavy (non-hydrogen) atoms. The number of rotatable bonds is 4. The summed E-state index contributed by atoms with van der Waals surface area (Å²) in [5, 5.41) is 0. The van der Waals surface area contributed by atoms with Crippen LogP contribution >= 0.6 is 0 Å². The minimum Gasteiger partial charge on any atom is -0.377 e. The van der Waals surface area contributed by atoms with Crippen molar-refractivity contribution in [3.8, 4) is 11.8 Å². The molecule has 1 aromatic carbocycles. The van der Waals surface area contributed by atoms with Gasteiger partial charge in [0.25, 0.3) is 0 Å². The minimum absolute atomic E-state index is 0.239. The van der Waals surface area contributed by atoms with Crippen LogP contribution < -0.4 is 5.73 Å². The van der Waals surface area contributed by atoms with Gasteiger partial charge in [-0.25, -0.2) is 4.39 Å². The first kappa shape index (κ1) is 15.0. The van der Waals surface area contributed by atoms with Crippen LogP contribution in [0.3, 0.4) is 0 Å². The summed E-state index contributed by atoms with van der Waals surface area (Å²) in [6.07, 6.45) is 2.60. The smallest absolute Gasteiger partial charge is 0.138 e. The lowest BCUT2D eigenvalue weighted by molar-refractivity contribution is 0.0793. The van der Waals surface area contributed by atoms with Crippen molar-refractivity contribution in [2.75, 3.05) is 26.7 Å². The van der Waals surface area contributed by atoms with E-state index >= 15 is 0 Å². The number of ether oxygens (including phenoxy) is 1. The van der Waals surface area contributed by atoms with Gasteiger partial charge < -0.3 is 10.5 Å². The number of nitrogens with zero attached hydrogens (tertiary/aromatic N) is 1. The molecule has 1 fully saturated rings. The Morgan fingerprint density at radius 1 is 1.50 bits per heavy atom. The molecular formula is C16H21FN2O. The van der Waals surface area contributed by atoms with Crippen LogP contribution in [0.2, 0.25) is 0 Å². The number of hydrogen-bond acceptors (Lipinski definition) is 3. The van der Waals surface area contributed by atoms with E-state index in [2.05, 4.69) is 23.8 Å². The largest absolute Gasteiger partial charge is 0.377 e. The number of likely N-dealkylation sites (N-methyl/N-ethyl adjacent to an activating group) is 1. The molecule has 0 aliphatic carbocycles. The first-order valence-electron chi connectivity index (χ1n) is 6.96. The van der Waals surface area contributed by atoms with E-state index in [4.69, 9.17) is 10.5 Å². The fraction of sp³-hybridized carbons (Fsp3) is 0.500. The molecule has 0 aromatic heterocycles. The third kappa shape index (κ3) is 4.31. The van der Waals surface area contributed by atoms with E-state index in [0.29, 0.717) is 11.7 Å². The fourth-order valence-electron chi connectivity index (χ4n) is 2.43. The van der Waals surface area contributed by atoms with Crippen molar-refractivity contribution in [3.05, 3.63) is 35.1 Å². The van der Waals surface area contributed by atoms with Gasteiger partial charge in [0.2, 0.25) is 0 Å². The Kier molecular flexibility index (Phi) is 5.54. The van der Waals surface area contributed by atoms with E-state index in [-0.39, 0.29) is 12.4 Å². The van der Waals surface area contributed by atoms with Gasteiger partial charge >= 0.3 is 0 Å². The van der Waals surface area contributed by atoms with Crippen LogP contribution in [0.4, 0.5) is 4.39 Å². The summed E-state index contributed by atoms with van der Waals surface area (Å²) in [5.41, 5.74) is 6.78. The van der Waals surface area contributed by atoms with Crippen molar-refractivity contribution in [1.82, 2.24) is 4.90 Å². The van der Waals surface area contributed by atoms with Crippen LogP contribution in [0.1, 0.15) is 24.0 Å². The summed E-state index contributed by atoms with van der Waals surface area (Å²) in [4.78, 5) is 2.20. The van der Waals surface area contributed by atoms with Gasteiger partial charge in [-0.2, -0.15) is 0 Å². The number of halogens is 1. The summed E-state index contributed by atoms with van der Waals surface area (Å²) in [7, 11) is 2.05. The SMILES string of the molecule is CN(Cc1ccc(F)c(C#CCN)c1)CC1CCCO1. The molecule has 1 aliphatic rings. The molecule has 0 amide bonds. The molecule has 1 saturated heterocycles. The van der Waals surface area contributed by atoms with Crippen molar-refractivity contribution in [2.45, 2.75) is 25.5 Å². The molecular weight excluding hydrogens is 255 g/mol. The highest BCUT2D eigenvalue weighted by Crippen LogP contribution is 2.15. The van der Waals surface area contributed by atoms with E-state index < -0.39 is 0 Å². The van der Waals surface area contributed by atoms with Gasteiger partial charge in [0.15, 0.2) is 0 Å². The molecule has 1 atom stereocenters. The van der Waals surface area contributed by atoms with Crippen LogP contribution in [-0.4, -0.2) is 37.7 Å². The van der Waals surface area contributed by atoms with Crippen molar-refractivity contribution in [3.63, 3.8) is 0 Å². The Hall–Kier alpha value is -1.41. The second kappa shape index (κ2) is 7.39. The van der Waals surface area contributed by atoms with E-state index in [1.165, 1.54) is 6.07 Å². The molecule has 1 unspecified atom stereocenters. The zero-order valence-corrected chi connectivity index (χ0v) is 11.9. The predicted molar refractivity (Wildman–Crippen MR) is 77.6 cm³/mol. The fourth-order valence-corrected chi connectivity index (χ4v) is 2.43. The third-order valence-corrected chi connectivity index (χ3v) is 3.35. The van der Waals surface area contributed by atoms with Crippen molar-refractivity contribution >= 4 is 0 Å². The van der Waals surface area contributed by atoms with E-state index in [0.717, 1.165) is 38.1 Å². The third-order valence-electron chi connectivity index (χ3n) is 3.35. The van der Waals surface area contributed by atoms with Gasteiger partial charge in [-0.15, -0.1) is 0 Å². The van der Waals surface area contributed by atoms with E-state index in [1.54, 1.807) is 12.1 Å². The molecule has 1 heterocycles. The molecule has 1 aliphatic heterocycles. The van der Waals surface area contributed by atoms with Gasteiger partial charge in [0, 0.05) is 19.7 Å². The molecule has 3 nitrogen and oxygen atoms in total. The number of hydrogen-bond donors (Lipinski definition) is 1. The topological polar surface area (TPSA) is 38.5 Å². The van der Waals surface area contributed by atoms with E-state index in [9.17, 15) is 4.39 Å². The Morgan fingerprint density at radius 3 is 3.05 bits per heavy atom. The average Bonchev–Trinajstić information content (AvgIpc) is 2.92. The van der Waals surface area contributed by atoms with Gasteiger partial charge in [-0.05, 0) is 37.6 Å². The van der Waals surface area contributed by atoms with E-state index in [1.807, 2.05) is 0 Å². The minimum atomic E-state index is -0.295. The van der Waals surface area contributed by atoms with Crippen LogP contribution in [0, 0.1) is 17.7 Å². The van der Waals surface area contributed by atoms with Gasteiger partial charge in [-0.1, -0.05) is 17.9 Å². The summed E-state index contributed by atoms with van der Waals surface area (Å²) < 4.78 is 19.2. The normalized spacial score (nSPS) is 18.1. The Bertz CT molecular complexity index is 501. The molecule has 0 radical (unpaired) electrons. The molecule has 108 valence electrons. The standard InChI is InChI=1S/C16H21FN2O/c1-19(12-15-5-3-9-20-15)11-13-6-7-16(17)14(10-13)4-2-8-18/h6-7,10,15H,3,5,8-9,11-12,18H2,1H3. The maximum Gasteiger partial charge on any atom is 0.138 e. The van der Waals surface area contributed by atoms with Gasteiger partial charge in [0.1, 0.15) is 5.82 Å². The summed E-state index contributed by atoms with van der Waals surface area (Å²) in [6.45, 7) is 2.77. The summed E-state index contributed by atoms with van der Waals surface area (Å²) in [5.74, 6) is 5.16. The van der Waals surface area contributed by atoms with Crippen LogP contribution in [-0.2, 0) is 11.3 Å². The second-order valence-corrected chi connectivity index (χ2v) is 5.15. The second-order valence-electron chi connectivity index (χ2n) is 5.15. The lowest BCUT2D eigenvalue weighted by Crippen LogP contribution is -2.28. The molecule has 1 aromatic rings. The Balaban J connectivity index is 1.97. The maximum atomic E-state index is 13.6. The summed E-state index contributed by atoms with van der Waals surface area (Å²) >= 11 is 0. The van der Waals surface area contributed by atoms with Crippen molar-refractivity contribution in [2.24, 2.45) is 5.73 Å². The Morgan fingerprint density at radius 2 is 2.35 bits per heavy atom. The molecule has 0 bridgehead atoms. The molecule has 0 spiro atoms. The quantitative estimate of drug-likeness (QED) is 0.852. The Labute approximate surface area is 119 Å².